The predicted octanol–water partition coefficient (Wildman–Crippen LogP) is 1.63. The molecular weight excluding hydrogens is 302 g/mol. The molecule has 6 heteroatoms. The van der Waals surface area contributed by atoms with Crippen molar-refractivity contribution in [2.45, 2.75) is 19.3 Å². The monoisotopic (exact) mass is 325 g/mol. The van der Waals surface area contributed by atoms with Gasteiger partial charge in [-0.25, -0.2) is 4.98 Å². The van der Waals surface area contributed by atoms with Gasteiger partial charge >= 0.3 is 0 Å². The molecule has 3 rings (SSSR count). The Bertz CT molecular complexity index is 668. The number of benzene rings is 1. The van der Waals surface area contributed by atoms with E-state index in [4.69, 9.17) is 5.73 Å². The third-order valence-electron chi connectivity index (χ3n) is 4.36. The first-order chi connectivity index (χ1) is 11.7. The summed E-state index contributed by atoms with van der Waals surface area (Å²) >= 11 is 0. The van der Waals surface area contributed by atoms with Crippen molar-refractivity contribution >= 4 is 17.7 Å². The van der Waals surface area contributed by atoms with Gasteiger partial charge in [0.2, 0.25) is 11.9 Å². The SMILES string of the molecule is Nc1ccnc(N2CCC(CNC(=O)Cc3ccccc3)CC2)n1. The molecule has 0 aliphatic carbocycles. The summed E-state index contributed by atoms with van der Waals surface area (Å²) in [6.45, 7) is 2.52. The zero-order valence-corrected chi connectivity index (χ0v) is 13.7. The minimum atomic E-state index is 0.0859. The van der Waals surface area contributed by atoms with Crippen LogP contribution in [0.25, 0.3) is 0 Å². The smallest absolute Gasteiger partial charge is 0.227 e. The number of nitrogens with two attached hydrogens (primary N) is 1. The van der Waals surface area contributed by atoms with Crippen LogP contribution in [0, 0.1) is 5.92 Å². The predicted molar refractivity (Wildman–Crippen MR) is 94.5 cm³/mol. The van der Waals surface area contributed by atoms with Crippen LogP contribution in [0.5, 0.6) is 0 Å². The number of amides is 1. The number of nitrogens with zero attached hydrogens (tertiary/aromatic N) is 3. The van der Waals surface area contributed by atoms with Crippen LogP contribution in [0.2, 0.25) is 0 Å². The fourth-order valence-corrected chi connectivity index (χ4v) is 2.95. The van der Waals surface area contributed by atoms with Gasteiger partial charge in [0.25, 0.3) is 0 Å². The minimum absolute atomic E-state index is 0.0859. The molecule has 126 valence electrons. The lowest BCUT2D eigenvalue weighted by atomic mass is 9.97. The van der Waals surface area contributed by atoms with E-state index in [1.165, 1.54) is 0 Å². The van der Waals surface area contributed by atoms with Gasteiger partial charge in [0.15, 0.2) is 0 Å². The summed E-state index contributed by atoms with van der Waals surface area (Å²) in [5.41, 5.74) is 6.76. The zero-order chi connectivity index (χ0) is 16.8. The van der Waals surface area contributed by atoms with Crippen molar-refractivity contribution in [3.05, 3.63) is 48.2 Å². The molecule has 1 saturated heterocycles. The Morgan fingerprint density at radius 1 is 1.21 bits per heavy atom. The van der Waals surface area contributed by atoms with E-state index in [0.717, 1.165) is 38.0 Å². The van der Waals surface area contributed by atoms with E-state index in [1.807, 2.05) is 30.3 Å². The minimum Gasteiger partial charge on any atom is -0.384 e. The number of nitrogen functional groups attached to an aromatic ring is 1. The molecule has 0 bridgehead atoms. The molecule has 1 aliphatic heterocycles. The maximum Gasteiger partial charge on any atom is 0.227 e. The number of carbonyl (C=O) groups is 1. The Labute approximate surface area is 142 Å². The van der Waals surface area contributed by atoms with Crippen molar-refractivity contribution < 1.29 is 4.79 Å². The van der Waals surface area contributed by atoms with E-state index in [1.54, 1.807) is 12.3 Å². The first kappa shape index (κ1) is 16.2. The number of nitrogens with one attached hydrogen (secondary N) is 1. The molecule has 2 heterocycles. The van der Waals surface area contributed by atoms with E-state index in [0.29, 0.717) is 24.1 Å². The van der Waals surface area contributed by atoms with Crippen molar-refractivity contribution in [1.29, 1.82) is 0 Å². The Kier molecular flexibility index (Phi) is 5.25. The van der Waals surface area contributed by atoms with Crippen LogP contribution >= 0.6 is 0 Å². The van der Waals surface area contributed by atoms with Gasteiger partial charge in [0.05, 0.1) is 6.42 Å². The molecule has 0 atom stereocenters. The molecule has 1 aromatic heterocycles. The third-order valence-corrected chi connectivity index (χ3v) is 4.36. The van der Waals surface area contributed by atoms with Gasteiger partial charge in [0.1, 0.15) is 5.82 Å². The second kappa shape index (κ2) is 7.77. The summed E-state index contributed by atoms with van der Waals surface area (Å²) < 4.78 is 0. The summed E-state index contributed by atoms with van der Waals surface area (Å²) in [7, 11) is 0. The molecule has 1 fully saturated rings. The first-order valence-electron chi connectivity index (χ1n) is 8.35. The Morgan fingerprint density at radius 2 is 1.96 bits per heavy atom. The number of rotatable bonds is 5. The second-order valence-corrected chi connectivity index (χ2v) is 6.18. The zero-order valence-electron chi connectivity index (χ0n) is 13.7. The fraction of sp³-hybridized carbons (Fsp3) is 0.389. The van der Waals surface area contributed by atoms with Gasteiger partial charge in [-0.05, 0) is 30.4 Å². The highest BCUT2D eigenvalue weighted by Crippen LogP contribution is 2.20. The van der Waals surface area contributed by atoms with Crippen molar-refractivity contribution in [3.8, 4) is 0 Å². The van der Waals surface area contributed by atoms with Crippen molar-refractivity contribution in [2.75, 3.05) is 30.3 Å². The molecule has 2 aromatic rings. The Hall–Kier alpha value is -2.63. The van der Waals surface area contributed by atoms with Crippen molar-refractivity contribution in [1.82, 2.24) is 15.3 Å². The van der Waals surface area contributed by atoms with Gasteiger partial charge in [-0.1, -0.05) is 30.3 Å². The van der Waals surface area contributed by atoms with E-state index in [9.17, 15) is 4.79 Å². The van der Waals surface area contributed by atoms with Gasteiger partial charge in [-0.15, -0.1) is 0 Å². The highest BCUT2D eigenvalue weighted by Gasteiger charge is 2.21. The molecule has 1 aliphatic rings. The van der Waals surface area contributed by atoms with Crippen LogP contribution in [-0.4, -0.2) is 35.5 Å². The summed E-state index contributed by atoms with van der Waals surface area (Å²) in [5, 5.41) is 3.06. The number of anilines is 2. The highest BCUT2D eigenvalue weighted by atomic mass is 16.1. The lowest BCUT2D eigenvalue weighted by molar-refractivity contribution is -0.120. The van der Waals surface area contributed by atoms with Crippen LogP contribution in [0.15, 0.2) is 42.6 Å². The van der Waals surface area contributed by atoms with Crippen LogP contribution < -0.4 is 16.0 Å². The standard InChI is InChI=1S/C18H23N5O/c19-16-6-9-20-18(22-16)23-10-7-15(8-11-23)13-21-17(24)12-14-4-2-1-3-5-14/h1-6,9,15H,7-8,10-13H2,(H,21,24)(H2,19,20,22). The Morgan fingerprint density at radius 3 is 2.67 bits per heavy atom. The number of carbonyl (C=O) groups excluding carboxylic acids is 1. The summed E-state index contributed by atoms with van der Waals surface area (Å²) in [6.07, 6.45) is 4.16. The van der Waals surface area contributed by atoms with Gasteiger partial charge in [0, 0.05) is 25.8 Å². The van der Waals surface area contributed by atoms with Crippen LogP contribution in [-0.2, 0) is 11.2 Å². The van der Waals surface area contributed by atoms with Crippen LogP contribution in [0.4, 0.5) is 11.8 Å². The number of piperidine rings is 1. The molecule has 24 heavy (non-hydrogen) atoms. The molecule has 6 nitrogen and oxygen atoms in total. The fourth-order valence-electron chi connectivity index (χ4n) is 2.95. The van der Waals surface area contributed by atoms with Gasteiger partial charge in [-0.2, -0.15) is 4.98 Å². The van der Waals surface area contributed by atoms with Crippen molar-refractivity contribution in [2.24, 2.45) is 5.92 Å². The lowest BCUT2D eigenvalue weighted by Gasteiger charge is -2.32. The maximum atomic E-state index is 12.0. The highest BCUT2D eigenvalue weighted by molar-refractivity contribution is 5.78. The number of hydrogen-bond donors (Lipinski definition) is 2. The van der Waals surface area contributed by atoms with E-state index >= 15 is 0 Å². The largest absolute Gasteiger partial charge is 0.384 e. The molecule has 0 radical (unpaired) electrons. The molecule has 0 unspecified atom stereocenters. The summed E-state index contributed by atoms with van der Waals surface area (Å²) in [6, 6.07) is 11.5. The quantitative estimate of drug-likeness (QED) is 0.873. The number of aromatic nitrogens is 2. The second-order valence-electron chi connectivity index (χ2n) is 6.18. The molecule has 3 N–H and O–H groups in total. The maximum absolute atomic E-state index is 12.0. The van der Waals surface area contributed by atoms with Crippen molar-refractivity contribution in [3.63, 3.8) is 0 Å². The third kappa shape index (κ3) is 4.44. The Balaban J connectivity index is 1.42. The summed E-state index contributed by atoms with van der Waals surface area (Å²) in [5.74, 6) is 1.78. The molecule has 1 amide bonds. The van der Waals surface area contributed by atoms with E-state index in [-0.39, 0.29) is 5.91 Å². The molecular formula is C18H23N5O. The number of hydrogen-bond acceptors (Lipinski definition) is 5. The van der Waals surface area contributed by atoms with Crippen LogP contribution in [0.3, 0.4) is 0 Å². The molecule has 0 spiro atoms. The average molecular weight is 325 g/mol. The topological polar surface area (TPSA) is 84.1 Å². The van der Waals surface area contributed by atoms with E-state index in [2.05, 4.69) is 20.2 Å². The van der Waals surface area contributed by atoms with Crippen LogP contribution in [0.1, 0.15) is 18.4 Å². The normalized spacial score (nSPS) is 15.2. The van der Waals surface area contributed by atoms with Gasteiger partial charge < -0.3 is 16.0 Å². The first-order valence-corrected chi connectivity index (χ1v) is 8.35. The average Bonchev–Trinajstić information content (AvgIpc) is 2.61. The van der Waals surface area contributed by atoms with E-state index < -0.39 is 0 Å². The molecule has 1 aromatic carbocycles. The molecule has 0 saturated carbocycles. The lowest BCUT2D eigenvalue weighted by Crippen LogP contribution is -2.39. The van der Waals surface area contributed by atoms with Gasteiger partial charge in [-0.3, -0.25) is 4.79 Å². The summed E-state index contributed by atoms with van der Waals surface area (Å²) in [4.78, 5) is 22.7.